The highest BCUT2D eigenvalue weighted by molar-refractivity contribution is 5.87. The van der Waals surface area contributed by atoms with Crippen molar-refractivity contribution in [3.8, 4) is 11.9 Å². The van der Waals surface area contributed by atoms with Gasteiger partial charge in [-0.25, -0.2) is 0 Å². The van der Waals surface area contributed by atoms with Crippen LogP contribution in [-0.2, 0) is 23.2 Å². The Kier molecular flexibility index (Phi) is 6.67. The largest absolute Gasteiger partial charge is 0.466 e. The van der Waals surface area contributed by atoms with Crippen LogP contribution in [0.25, 0.3) is 0 Å². The summed E-state index contributed by atoms with van der Waals surface area (Å²) in [6.45, 7) is 7.11. The fraction of sp³-hybridized carbons (Fsp3) is 0.533. The molecule has 1 aromatic heterocycles. The number of ether oxygens (including phenoxy) is 1. The van der Waals surface area contributed by atoms with Crippen LogP contribution in [0.5, 0.6) is 5.88 Å². The predicted molar refractivity (Wildman–Crippen MR) is 150 cm³/mol. The highest BCUT2D eigenvalue weighted by Gasteiger charge is 2.44. The number of piperazine rings is 1. The average Bonchev–Trinajstić information content (AvgIpc) is 2.91. The number of fused-ring (bicyclic) bond motifs is 3. The van der Waals surface area contributed by atoms with Crippen LogP contribution in [0.1, 0.15) is 42.4 Å². The number of benzene rings is 1. The molecule has 2 aromatic rings. The molecule has 1 aromatic carbocycles. The molecule has 9 nitrogen and oxygen atoms in total. The lowest BCUT2D eigenvalue weighted by molar-refractivity contribution is -0.128. The molecule has 1 aliphatic carbocycles. The topological polar surface area (TPSA) is 88.8 Å². The van der Waals surface area contributed by atoms with E-state index < -0.39 is 0 Å². The Hall–Kier alpha value is -3.64. The molecule has 204 valence electrons. The average molecular weight is 528 g/mol. The molecule has 0 unspecified atom stereocenters. The molecule has 2 atom stereocenters. The first-order valence-corrected chi connectivity index (χ1v) is 14.1. The Morgan fingerprint density at radius 3 is 2.77 bits per heavy atom. The zero-order valence-electron chi connectivity index (χ0n) is 23.0. The van der Waals surface area contributed by atoms with Crippen molar-refractivity contribution in [2.45, 2.75) is 56.2 Å². The summed E-state index contributed by atoms with van der Waals surface area (Å²) in [5.41, 5.74) is 3.35. The Morgan fingerprint density at radius 1 is 1.18 bits per heavy atom. The first-order valence-electron chi connectivity index (χ1n) is 14.1. The summed E-state index contributed by atoms with van der Waals surface area (Å²) in [4.78, 5) is 31.1. The number of amides is 1. The Balaban J connectivity index is 1.37. The van der Waals surface area contributed by atoms with Crippen molar-refractivity contribution < 1.29 is 9.53 Å². The summed E-state index contributed by atoms with van der Waals surface area (Å²) in [5.74, 6) is 2.14. The van der Waals surface area contributed by atoms with Crippen molar-refractivity contribution in [3.63, 3.8) is 0 Å². The van der Waals surface area contributed by atoms with E-state index in [9.17, 15) is 10.1 Å². The SMILES string of the molecule is C=CC(=O)N1CCN(c2nc(N3CC(N(C)C)C3)nc3c2CC[C@]2(CCCc4ccccc42)O3)C[C@@H]1CC#N. The van der Waals surface area contributed by atoms with Gasteiger partial charge in [-0.3, -0.25) is 4.79 Å². The lowest BCUT2D eigenvalue weighted by Gasteiger charge is -2.46. The van der Waals surface area contributed by atoms with Crippen molar-refractivity contribution in [1.82, 2.24) is 19.8 Å². The van der Waals surface area contributed by atoms with E-state index in [-0.39, 0.29) is 24.0 Å². The molecule has 4 heterocycles. The highest BCUT2D eigenvalue weighted by Crippen LogP contribution is 2.48. The van der Waals surface area contributed by atoms with E-state index in [4.69, 9.17) is 14.7 Å². The summed E-state index contributed by atoms with van der Waals surface area (Å²) in [6, 6.07) is 11.2. The van der Waals surface area contributed by atoms with Gasteiger partial charge < -0.3 is 24.3 Å². The third-order valence-corrected chi connectivity index (χ3v) is 8.98. The molecule has 3 aliphatic heterocycles. The summed E-state index contributed by atoms with van der Waals surface area (Å²) in [6.07, 6.45) is 6.49. The second-order valence-corrected chi connectivity index (χ2v) is 11.5. The number of nitrogens with zero attached hydrogens (tertiary/aromatic N) is 7. The molecule has 0 N–H and O–H groups in total. The van der Waals surface area contributed by atoms with Crippen molar-refractivity contribution in [2.75, 3.05) is 56.6 Å². The first-order chi connectivity index (χ1) is 18.9. The van der Waals surface area contributed by atoms with Crippen LogP contribution in [0.4, 0.5) is 11.8 Å². The number of carbonyl (C=O) groups excluding carboxylic acids is 1. The van der Waals surface area contributed by atoms with E-state index in [1.165, 1.54) is 17.2 Å². The second kappa shape index (κ2) is 10.2. The minimum Gasteiger partial charge on any atom is -0.466 e. The number of carbonyl (C=O) groups is 1. The van der Waals surface area contributed by atoms with Gasteiger partial charge in [-0.05, 0) is 63.4 Å². The van der Waals surface area contributed by atoms with Gasteiger partial charge in [0.2, 0.25) is 17.7 Å². The Morgan fingerprint density at radius 2 is 2.00 bits per heavy atom. The monoisotopic (exact) mass is 527 g/mol. The number of aryl methyl sites for hydroxylation is 1. The summed E-state index contributed by atoms with van der Waals surface area (Å²) < 4.78 is 6.96. The van der Waals surface area contributed by atoms with Crippen LogP contribution in [0, 0.1) is 11.3 Å². The maximum Gasteiger partial charge on any atom is 0.246 e. The molecule has 0 saturated carbocycles. The summed E-state index contributed by atoms with van der Waals surface area (Å²) in [7, 11) is 4.21. The van der Waals surface area contributed by atoms with E-state index >= 15 is 0 Å². The van der Waals surface area contributed by atoms with Gasteiger partial charge in [-0.2, -0.15) is 15.2 Å². The molecular formula is C30H37N7O2. The molecule has 0 radical (unpaired) electrons. The molecule has 2 saturated heterocycles. The zero-order valence-corrected chi connectivity index (χ0v) is 23.0. The number of anilines is 2. The van der Waals surface area contributed by atoms with Crippen molar-refractivity contribution >= 4 is 17.7 Å². The maximum absolute atomic E-state index is 12.5. The minimum atomic E-state index is -0.357. The first kappa shape index (κ1) is 25.6. The van der Waals surface area contributed by atoms with Crippen molar-refractivity contribution in [3.05, 3.63) is 53.6 Å². The van der Waals surface area contributed by atoms with Gasteiger partial charge in [0.25, 0.3) is 0 Å². The zero-order chi connectivity index (χ0) is 27.1. The number of hydrogen-bond donors (Lipinski definition) is 0. The quantitative estimate of drug-likeness (QED) is 0.549. The fourth-order valence-corrected chi connectivity index (χ4v) is 6.64. The summed E-state index contributed by atoms with van der Waals surface area (Å²) in [5, 5.41) is 9.50. The molecule has 6 rings (SSSR count). The maximum atomic E-state index is 12.5. The molecule has 1 amide bonds. The van der Waals surface area contributed by atoms with Gasteiger partial charge in [0.15, 0.2) is 0 Å². The number of nitriles is 1. The van der Waals surface area contributed by atoms with Crippen molar-refractivity contribution in [1.29, 1.82) is 5.26 Å². The lowest BCUT2D eigenvalue weighted by atomic mass is 9.75. The van der Waals surface area contributed by atoms with Gasteiger partial charge in [-0.1, -0.05) is 30.8 Å². The number of rotatable bonds is 5. The Bertz CT molecular complexity index is 1310. The van der Waals surface area contributed by atoms with Gasteiger partial charge in [0.1, 0.15) is 11.4 Å². The molecule has 4 aliphatic rings. The normalized spacial score (nSPS) is 24.5. The van der Waals surface area contributed by atoms with Gasteiger partial charge in [0.05, 0.1) is 24.1 Å². The molecular weight excluding hydrogens is 490 g/mol. The highest BCUT2D eigenvalue weighted by atomic mass is 16.5. The van der Waals surface area contributed by atoms with E-state index in [2.05, 4.69) is 65.7 Å². The van der Waals surface area contributed by atoms with Gasteiger partial charge >= 0.3 is 0 Å². The van der Waals surface area contributed by atoms with Crippen LogP contribution in [-0.4, -0.2) is 84.6 Å². The molecule has 1 spiro atoms. The van der Waals surface area contributed by atoms with Crippen LogP contribution in [0.3, 0.4) is 0 Å². The number of likely N-dealkylation sites (N-methyl/N-ethyl adjacent to an activating group) is 1. The fourth-order valence-electron chi connectivity index (χ4n) is 6.64. The smallest absolute Gasteiger partial charge is 0.246 e. The van der Waals surface area contributed by atoms with E-state index in [1.807, 2.05) is 0 Å². The third kappa shape index (κ3) is 4.51. The van der Waals surface area contributed by atoms with E-state index in [0.717, 1.165) is 56.6 Å². The van der Waals surface area contributed by atoms with E-state index in [1.54, 1.807) is 4.90 Å². The molecule has 2 fully saturated rings. The standard InChI is InChI=1S/C30H37N7O2/c1-4-26(38)37-17-16-35(18-22(37)12-15-31)27-24-11-14-30(13-7-9-21-8-5-6-10-25(21)30)39-28(24)33-29(32-27)36-19-23(20-36)34(2)3/h4-6,8,10,22-23H,1,7,9,11-14,16-20H2,2-3H3/t22-,30-/m0/s1. The second-order valence-electron chi connectivity index (χ2n) is 11.5. The number of hydrogen-bond acceptors (Lipinski definition) is 8. The summed E-state index contributed by atoms with van der Waals surface area (Å²) >= 11 is 0. The van der Waals surface area contributed by atoms with Crippen LogP contribution < -0.4 is 14.5 Å². The van der Waals surface area contributed by atoms with Crippen molar-refractivity contribution in [2.24, 2.45) is 0 Å². The molecule has 9 heteroatoms. The number of aromatic nitrogens is 2. The van der Waals surface area contributed by atoms with Gasteiger partial charge in [0, 0.05) is 38.8 Å². The van der Waals surface area contributed by atoms with Crippen LogP contribution >= 0.6 is 0 Å². The van der Waals surface area contributed by atoms with Crippen LogP contribution in [0.2, 0.25) is 0 Å². The lowest BCUT2D eigenvalue weighted by Crippen LogP contribution is -2.58. The van der Waals surface area contributed by atoms with Gasteiger partial charge in [-0.15, -0.1) is 0 Å². The third-order valence-electron chi connectivity index (χ3n) is 8.98. The van der Waals surface area contributed by atoms with E-state index in [0.29, 0.717) is 37.5 Å². The predicted octanol–water partition coefficient (Wildman–Crippen LogP) is 2.90. The molecule has 0 bridgehead atoms. The Labute approximate surface area is 230 Å². The minimum absolute atomic E-state index is 0.128. The molecule has 39 heavy (non-hydrogen) atoms. The van der Waals surface area contributed by atoms with Crippen LogP contribution in [0.15, 0.2) is 36.9 Å².